The van der Waals surface area contributed by atoms with E-state index in [1.54, 1.807) is 14.2 Å². The smallest absolute Gasteiger partial charge is 0.123 e. The van der Waals surface area contributed by atoms with E-state index in [2.05, 4.69) is 53.2 Å². The lowest BCUT2D eigenvalue weighted by molar-refractivity contribution is 0.142. The van der Waals surface area contributed by atoms with E-state index in [1.165, 1.54) is 37.1 Å². The molecule has 1 aliphatic heterocycles. The first-order valence-electron chi connectivity index (χ1n) is 10.3. The molecule has 0 aliphatic carbocycles. The van der Waals surface area contributed by atoms with Gasteiger partial charge >= 0.3 is 0 Å². The fourth-order valence-electron chi connectivity index (χ4n) is 4.21. The SMILES string of the molecule is COc1ccc(CCN2CCC[C@@H](CN(C)Cc3ccccc3OC)C2)cc1. The number of benzene rings is 2. The summed E-state index contributed by atoms with van der Waals surface area (Å²) in [6.07, 6.45) is 3.73. The van der Waals surface area contributed by atoms with Crippen LogP contribution < -0.4 is 9.47 Å². The minimum atomic E-state index is 0.740. The molecule has 3 rings (SSSR count). The zero-order chi connectivity index (χ0) is 19.8. The lowest BCUT2D eigenvalue weighted by Gasteiger charge is -2.35. The van der Waals surface area contributed by atoms with E-state index in [1.807, 2.05) is 12.1 Å². The molecule has 1 heterocycles. The van der Waals surface area contributed by atoms with Gasteiger partial charge in [0.05, 0.1) is 14.2 Å². The predicted octanol–water partition coefficient (Wildman–Crippen LogP) is 4.09. The zero-order valence-corrected chi connectivity index (χ0v) is 17.6. The van der Waals surface area contributed by atoms with Gasteiger partial charge in [0.2, 0.25) is 0 Å². The van der Waals surface area contributed by atoms with E-state index in [0.29, 0.717) is 0 Å². The largest absolute Gasteiger partial charge is 0.497 e. The molecule has 0 saturated carbocycles. The molecule has 0 bridgehead atoms. The van der Waals surface area contributed by atoms with Gasteiger partial charge in [-0.15, -0.1) is 0 Å². The maximum atomic E-state index is 5.50. The molecule has 0 N–H and O–H groups in total. The number of rotatable bonds is 9. The summed E-state index contributed by atoms with van der Waals surface area (Å²) >= 11 is 0. The van der Waals surface area contributed by atoms with Gasteiger partial charge in [0, 0.05) is 31.7 Å². The molecule has 0 radical (unpaired) electrons. The van der Waals surface area contributed by atoms with Crippen LogP contribution in [0.1, 0.15) is 24.0 Å². The van der Waals surface area contributed by atoms with Gasteiger partial charge in [-0.3, -0.25) is 0 Å². The minimum Gasteiger partial charge on any atom is -0.497 e. The quantitative estimate of drug-likeness (QED) is 0.652. The van der Waals surface area contributed by atoms with Crippen molar-refractivity contribution in [2.45, 2.75) is 25.8 Å². The standard InChI is InChI=1S/C24H34N2O2/c1-25(19-22-8-4-5-9-24(22)28-3)17-21-7-6-15-26(18-21)16-14-20-10-12-23(27-2)13-11-20/h4-5,8-13,21H,6-7,14-19H2,1-3H3/t21-/m0/s1. The molecule has 0 spiro atoms. The molecule has 0 amide bonds. The normalized spacial score (nSPS) is 17.6. The molecule has 2 aromatic rings. The molecule has 0 unspecified atom stereocenters. The van der Waals surface area contributed by atoms with Crippen LogP contribution in [-0.4, -0.2) is 57.2 Å². The van der Waals surface area contributed by atoms with Gasteiger partial charge in [0.15, 0.2) is 0 Å². The summed E-state index contributed by atoms with van der Waals surface area (Å²) in [4.78, 5) is 5.07. The van der Waals surface area contributed by atoms with Crippen LogP contribution in [-0.2, 0) is 13.0 Å². The Balaban J connectivity index is 1.46. The summed E-state index contributed by atoms with van der Waals surface area (Å²) in [5.74, 6) is 2.66. The number of hydrogen-bond donors (Lipinski definition) is 0. The molecule has 1 fully saturated rings. The lowest BCUT2D eigenvalue weighted by Crippen LogP contribution is -2.40. The van der Waals surface area contributed by atoms with Crippen molar-refractivity contribution < 1.29 is 9.47 Å². The number of hydrogen-bond acceptors (Lipinski definition) is 4. The van der Waals surface area contributed by atoms with Crippen LogP contribution in [0.5, 0.6) is 11.5 Å². The Labute approximate surface area is 170 Å². The van der Waals surface area contributed by atoms with Crippen molar-refractivity contribution in [2.75, 3.05) is 47.4 Å². The first kappa shape index (κ1) is 20.7. The van der Waals surface area contributed by atoms with Crippen molar-refractivity contribution in [3.8, 4) is 11.5 Å². The second kappa shape index (κ2) is 10.5. The monoisotopic (exact) mass is 382 g/mol. The van der Waals surface area contributed by atoms with Gasteiger partial charge in [-0.1, -0.05) is 30.3 Å². The summed E-state index contributed by atoms with van der Waals surface area (Å²) in [5.41, 5.74) is 2.65. The van der Waals surface area contributed by atoms with Crippen molar-refractivity contribution in [2.24, 2.45) is 5.92 Å². The lowest BCUT2D eigenvalue weighted by atomic mass is 9.97. The number of nitrogens with zero attached hydrogens (tertiary/aromatic N) is 2. The Morgan fingerprint density at radius 3 is 2.57 bits per heavy atom. The number of piperidine rings is 1. The van der Waals surface area contributed by atoms with Gasteiger partial charge in [-0.25, -0.2) is 0 Å². The van der Waals surface area contributed by atoms with Crippen LogP contribution in [0.3, 0.4) is 0 Å². The highest BCUT2D eigenvalue weighted by Crippen LogP contribution is 2.22. The molecule has 4 nitrogen and oxygen atoms in total. The number of ether oxygens (including phenoxy) is 2. The summed E-state index contributed by atoms with van der Waals surface area (Å²) in [5, 5.41) is 0. The Kier molecular flexibility index (Phi) is 7.75. The summed E-state index contributed by atoms with van der Waals surface area (Å²) in [7, 11) is 5.69. The molecule has 152 valence electrons. The van der Waals surface area contributed by atoms with Crippen molar-refractivity contribution in [1.29, 1.82) is 0 Å². The minimum absolute atomic E-state index is 0.740. The van der Waals surface area contributed by atoms with Crippen molar-refractivity contribution in [3.63, 3.8) is 0 Å². The Hall–Kier alpha value is -2.04. The zero-order valence-electron chi connectivity index (χ0n) is 17.6. The third-order valence-corrected chi connectivity index (χ3v) is 5.68. The van der Waals surface area contributed by atoms with Gasteiger partial charge in [0.1, 0.15) is 11.5 Å². The molecule has 1 saturated heterocycles. The van der Waals surface area contributed by atoms with E-state index >= 15 is 0 Å². The number of methoxy groups -OCH3 is 2. The highest BCUT2D eigenvalue weighted by molar-refractivity contribution is 5.33. The molecule has 0 aromatic heterocycles. The van der Waals surface area contributed by atoms with Crippen molar-refractivity contribution in [3.05, 3.63) is 59.7 Å². The molecule has 1 atom stereocenters. The van der Waals surface area contributed by atoms with E-state index in [9.17, 15) is 0 Å². The molecule has 4 heteroatoms. The average molecular weight is 383 g/mol. The summed E-state index contributed by atoms with van der Waals surface area (Å²) < 4.78 is 10.7. The molecular weight excluding hydrogens is 348 g/mol. The van der Waals surface area contributed by atoms with Crippen LogP contribution >= 0.6 is 0 Å². The van der Waals surface area contributed by atoms with Gasteiger partial charge < -0.3 is 19.3 Å². The number of likely N-dealkylation sites (tertiary alicyclic amines) is 1. The van der Waals surface area contributed by atoms with Crippen LogP contribution in [0.4, 0.5) is 0 Å². The summed E-state index contributed by atoms with van der Waals surface area (Å²) in [6, 6.07) is 16.8. The average Bonchev–Trinajstić information content (AvgIpc) is 2.73. The first-order valence-corrected chi connectivity index (χ1v) is 10.3. The Bertz CT molecular complexity index is 717. The third kappa shape index (κ3) is 5.98. The second-order valence-corrected chi connectivity index (χ2v) is 7.92. The van der Waals surface area contributed by atoms with Gasteiger partial charge in [-0.05, 0) is 62.5 Å². The van der Waals surface area contributed by atoms with Gasteiger partial charge in [0.25, 0.3) is 0 Å². The van der Waals surface area contributed by atoms with Crippen LogP contribution in [0.2, 0.25) is 0 Å². The predicted molar refractivity (Wildman–Crippen MR) is 115 cm³/mol. The van der Waals surface area contributed by atoms with Gasteiger partial charge in [-0.2, -0.15) is 0 Å². The third-order valence-electron chi connectivity index (χ3n) is 5.68. The topological polar surface area (TPSA) is 24.9 Å². The Morgan fingerprint density at radius 2 is 1.82 bits per heavy atom. The van der Waals surface area contributed by atoms with Crippen molar-refractivity contribution in [1.82, 2.24) is 9.80 Å². The fourth-order valence-corrected chi connectivity index (χ4v) is 4.21. The van der Waals surface area contributed by atoms with Crippen LogP contribution in [0.15, 0.2) is 48.5 Å². The highest BCUT2D eigenvalue weighted by atomic mass is 16.5. The molecule has 28 heavy (non-hydrogen) atoms. The molecule has 1 aliphatic rings. The first-order chi connectivity index (χ1) is 13.7. The second-order valence-electron chi connectivity index (χ2n) is 7.92. The van der Waals surface area contributed by atoms with Crippen LogP contribution in [0.25, 0.3) is 0 Å². The fraction of sp³-hybridized carbons (Fsp3) is 0.500. The van der Waals surface area contributed by atoms with E-state index in [4.69, 9.17) is 9.47 Å². The molecule has 2 aromatic carbocycles. The van der Waals surface area contributed by atoms with E-state index in [0.717, 1.165) is 43.5 Å². The van der Waals surface area contributed by atoms with E-state index < -0.39 is 0 Å². The van der Waals surface area contributed by atoms with E-state index in [-0.39, 0.29) is 0 Å². The number of para-hydroxylation sites is 1. The maximum Gasteiger partial charge on any atom is 0.123 e. The summed E-state index contributed by atoms with van der Waals surface area (Å²) in [6.45, 7) is 5.64. The van der Waals surface area contributed by atoms with Crippen molar-refractivity contribution >= 4 is 0 Å². The van der Waals surface area contributed by atoms with Crippen LogP contribution in [0, 0.1) is 5.92 Å². The Morgan fingerprint density at radius 1 is 1.04 bits per heavy atom. The highest BCUT2D eigenvalue weighted by Gasteiger charge is 2.21. The maximum absolute atomic E-state index is 5.50. The molecular formula is C24H34N2O2.